The van der Waals surface area contributed by atoms with Crippen molar-refractivity contribution in [1.29, 1.82) is 10.7 Å². The fourth-order valence-electron chi connectivity index (χ4n) is 1.48. The van der Waals surface area contributed by atoms with Crippen LogP contribution in [0, 0.1) is 16.7 Å². The van der Waals surface area contributed by atoms with Gasteiger partial charge in [0.05, 0.1) is 5.69 Å². The molecular weight excluding hydrogens is 278 g/mol. The number of carboxylic acids is 1. The standard InChI is InChI=1S/C12H9N5O2S/c13-5-8(11(14)15)17-16-7-1-2-9-6(3-7)4-10(20-9)12(18)19/h1-4,16H,(H3,14,15)(H,18,19)/b17-8+. The second-order valence-electron chi connectivity index (χ2n) is 3.77. The number of hydrazone groups is 1. The molecule has 0 bridgehead atoms. The Hall–Kier alpha value is -2.92. The van der Waals surface area contributed by atoms with Crippen LogP contribution in [0.4, 0.5) is 5.69 Å². The van der Waals surface area contributed by atoms with E-state index in [1.807, 2.05) is 0 Å². The van der Waals surface area contributed by atoms with Crippen molar-refractivity contribution in [3.63, 3.8) is 0 Å². The highest BCUT2D eigenvalue weighted by molar-refractivity contribution is 7.20. The lowest BCUT2D eigenvalue weighted by atomic mass is 10.2. The number of hydrogen-bond acceptors (Lipinski definition) is 6. The van der Waals surface area contributed by atoms with Crippen molar-refractivity contribution >= 4 is 44.6 Å². The van der Waals surface area contributed by atoms with Crippen LogP contribution in [0.15, 0.2) is 29.4 Å². The van der Waals surface area contributed by atoms with Gasteiger partial charge < -0.3 is 10.8 Å². The predicted molar refractivity (Wildman–Crippen MR) is 77.4 cm³/mol. The topological polar surface area (TPSA) is 135 Å². The van der Waals surface area contributed by atoms with E-state index in [0.29, 0.717) is 5.69 Å². The molecule has 100 valence electrons. The van der Waals surface area contributed by atoms with Crippen molar-refractivity contribution < 1.29 is 9.90 Å². The Balaban J connectivity index is 2.31. The summed E-state index contributed by atoms with van der Waals surface area (Å²) in [6.45, 7) is 0. The van der Waals surface area contributed by atoms with Gasteiger partial charge in [0.1, 0.15) is 10.9 Å². The normalized spacial score (nSPS) is 11.1. The van der Waals surface area contributed by atoms with E-state index in [1.54, 1.807) is 30.3 Å². The first-order valence-corrected chi connectivity index (χ1v) is 6.18. The molecule has 0 aliphatic rings. The Bertz CT molecular complexity index is 772. The van der Waals surface area contributed by atoms with Gasteiger partial charge in [0.25, 0.3) is 0 Å². The maximum absolute atomic E-state index is 10.9. The maximum Gasteiger partial charge on any atom is 0.345 e. The summed E-state index contributed by atoms with van der Waals surface area (Å²) >= 11 is 1.18. The molecule has 2 aromatic rings. The Kier molecular flexibility index (Phi) is 3.63. The van der Waals surface area contributed by atoms with Crippen molar-refractivity contribution in [1.82, 2.24) is 0 Å². The van der Waals surface area contributed by atoms with E-state index in [2.05, 4.69) is 10.5 Å². The second-order valence-corrected chi connectivity index (χ2v) is 4.85. The van der Waals surface area contributed by atoms with Gasteiger partial charge in [0, 0.05) is 4.70 Å². The second kappa shape index (κ2) is 5.38. The molecule has 0 unspecified atom stereocenters. The Morgan fingerprint density at radius 2 is 2.25 bits per heavy atom. The van der Waals surface area contributed by atoms with Gasteiger partial charge in [-0.3, -0.25) is 10.8 Å². The van der Waals surface area contributed by atoms with Crippen LogP contribution in [0.5, 0.6) is 0 Å². The third-order valence-electron chi connectivity index (χ3n) is 2.38. The molecule has 2 rings (SSSR count). The molecule has 0 saturated heterocycles. The van der Waals surface area contributed by atoms with Gasteiger partial charge in [-0.05, 0) is 29.7 Å². The molecule has 0 aliphatic heterocycles. The minimum absolute atomic E-state index is 0.221. The summed E-state index contributed by atoms with van der Waals surface area (Å²) in [5.74, 6) is -1.40. The van der Waals surface area contributed by atoms with E-state index in [1.165, 1.54) is 11.3 Å². The molecule has 0 spiro atoms. The summed E-state index contributed by atoms with van der Waals surface area (Å²) < 4.78 is 0.837. The van der Waals surface area contributed by atoms with Gasteiger partial charge in [0.15, 0.2) is 5.84 Å². The number of thiophene rings is 1. The molecule has 1 heterocycles. The number of carbonyl (C=O) groups is 1. The first-order chi connectivity index (χ1) is 9.51. The van der Waals surface area contributed by atoms with Crippen molar-refractivity contribution in [3.8, 4) is 6.07 Å². The zero-order chi connectivity index (χ0) is 14.7. The summed E-state index contributed by atoms with van der Waals surface area (Å²) in [5.41, 5.74) is 8.12. The summed E-state index contributed by atoms with van der Waals surface area (Å²) in [4.78, 5) is 11.1. The first-order valence-electron chi connectivity index (χ1n) is 5.36. The van der Waals surface area contributed by atoms with Gasteiger partial charge >= 0.3 is 5.97 Å². The smallest absolute Gasteiger partial charge is 0.345 e. The number of nitrogens with zero attached hydrogens (tertiary/aromatic N) is 2. The number of amidine groups is 1. The zero-order valence-corrected chi connectivity index (χ0v) is 10.9. The fraction of sp³-hybridized carbons (Fsp3) is 0. The largest absolute Gasteiger partial charge is 0.477 e. The summed E-state index contributed by atoms with van der Waals surface area (Å²) in [6.07, 6.45) is 0. The highest BCUT2D eigenvalue weighted by Crippen LogP contribution is 2.28. The van der Waals surface area contributed by atoms with Crippen LogP contribution in [0.25, 0.3) is 10.1 Å². The Labute approximate surface area is 117 Å². The van der Waals surface area contributed by atoms with Crippen molar-refractivity contribution in [3.05, 3.63) is 29.1 Å². The van der Waals surface area contributed by atoms with E-state index in [9.17, 15) is 4.79 Å². The molecule has 0 amide bonds. The summed E-state index contributed by atoms with van der Waals surface area (Å²) in [7, 11) is 0. The van der Waals surface area contributed by atoms with Crippen LogP contribution in [0.3, 0.4) is 0 Å². The van der Waals surface area contributed by atoms with E-state index in [0.717, 1.165) is 10.1 Å². The number of anilines is 1. The molecule has 0 atom stereocenters. The third-order valence-corrected chi connectivity index (χ3v) is 3.49. The number of nitriles is 1. The molecule has 8 heteroatoms. The molecule has 0 aliphatic carbocycles. The highest BCUT2D eigenvalue weighted by atomic mass is 32.1. The summed E-state index contributed by atoms with van der Waals surface area (Å²) in [5, 5.41) is 29.2. The molecular formula is C12H9N5O2S. The van der Waals surface area contributed by atoms with Gasteiger partial charge in [-0.2, -0.15) is 10.4 Å². The van der Waals surface area contributed by atoms with E-state index in [-0.39, 0.29) is 10.6 Å². The van der Waals surface area contributed by atoms with Crippen molar-refractivity contribution in [2.45, 2.75) is 0 Å². The average molecular weight is 287 g/mol. The zero-order valence-electron chi connectivity index (χ0n) is 10.0. The van der Waals surface area contributed by atoms with E-state index >= 15 is 0 Å². The van der Waals surface area contributed by atoms with Crippen LogP contribution in [-0.4, -0.2) is 22.6 Å². The number of carboxylic acid groups (broad SMARTS) is 1. The summed E-state index contributed by atoms with van der Waals surface area (Å²) in [6, 6.07) is 8.41. The van der Waals surface area contributed by atoms with Crippen LogP contribution in [-0.2, 0) is 0 Å². The van der Waals surface area contributed by atoms with Crippen molar-refractivity contribution in [2.75, 3.05) is 5.43 Å². The molecule has 0 fully saturated rings. The molecule has 0 saturated carbocycles. The average Bonchev–Trinajstić information content (AvgIpc) is 2.82. The van der Waals surface area contributed by atoms with Crippen LogP contribution < -0.4 is 11.2 Å². The van der Waals surface area contributed by atoms with Crippen LogP contribution in [0.2, 0.25) is 0 Å². The first kappa shape index (κ1) is 13.5. The molecule has 1 aromatic carbocycles. The van der Waals surface area contributed by atoms with Crippen molar-refractivity contribution in [2.24, 2.45) is 10.8 Å². The van der Waals surface area contributed by atoms with Gasteiger partial charge in [0.2, 0.25) is 5.71 Å². The van der Waals surface area contributed by atoms with Gasteiger partial charge in [-0.15, -0.1) is 11.3 Å². The van der Waals surface area contributed by atoms with E-state index in [4.69, 9.17) is 21.5 Å². The lowest BCUT2D eigenvalue weighted by Crippen LogP contribution is -2.21. The number of fused-ring (bicyclic) bond motifs is 1. The number of nitrogens with one attached hydrogen (secondary N) is 2. The molecule has 20 heavy (non-hydrogen) atoms. The lowest BCUT2D eigenvalue weighted by molar-refractivity contribution is 0.0702. The Morgan fingerprint density at radius 3 is 2.85 bits per heavy atom. The third kappa shape index (κ3) is 2.73. The Morgan fingerprint density at radius 1 is 1.50 bits per heavy atom. The predicted octanol–water partition coefficient (Wildman–Crippen LogP) is 1.83. The van der Waals surface area contributed by atoms with Crippen LogP contribution in [0.1, 0.15) is 9.67 Å². The SMILES string of the molecule is N#C/C(=N\Nc1ccc2sc(C(=O)O)cc2c1)C(=N)N. The van der Waals surface area contributed by atoms with Crippen LogP contribution >= 0.6 is 11.3 Å². The lowest BCUT2D eigenvalue weighted by Gasteiger charge is -2.01. The van der Waals surface area contributed by atoms with E-state index < -0.39 is 11.8 Å². The molecule has 0 radical (unpaired) electrons. The minimum atomic E-state index is -0.970. The monoisotopic (exact) mass is 287 g/mol. The quantitative estimate of drug-likeness (QED) is 0.386. The fourth-order valence-corrected chi connectivity index (χ4v) is 2.37. The number of hydrogen-bond donors (Lipinski definition) is 4. The van der Waals surface area contributed by atoms with Gasteiger partial charge in [-0.25, -0.2) is 4.79 Å². The molecule has 5 N–H and O–H groups in total. The number of rotatable bonds is 4. The molecule has 1 aromatic heterocycles. The maximum atomic E-state index is 10.9. The highest BCUT2D eigenvalue weighted by Gasteiger charge is 2.08. The minimum Gasteiger partial charge on any atom is -0.477 e. The number of nitrogens with two attached hydrogens (primary N) is 1. The van der Waals surface area contributed by atoms with Gasteiger partial charge in [-0.1, -0.05) is 0 Å². The molecule has 7 nitrogen and oxygen atoms in total. The number of aromatic carboxylic acids is 1. The number of benzene rings is 1.